The molecule has 272 valence electrons. The van der Waals surface area contributed by atoms with Crippen LogP contribution < -0.4 is 0 Å². The molecule has 0 amide bonds. The fourth-order valence-corrected chi connectivity index (χ4v) is 8.67. The molecule has 1 aliphatic carbocycles. The van der Waals surface area contributed by atoms with Crippen molar-refractivity contribution in [2.24, 2.45) is 0 Å². The number of hydrogen-bond donors (Lipinski definition) is 0. The van der Waals surface area contributed by atoms with E-state index in [1.54, 1.807) is 0 Å². The van der Waals surface area contributed by atoms with E-state index in [9.17, 15) is 0 Å². The van der Waals surface area contributed by atoms with Crippen LogP contribution in [-0.2, 0) is 5.41 Å². The molecular formula is C53H34N4O. The topological polar surface area (TPSA) is 64.7 Å². The van der Waals surface area contributed by atoms with Gasteiger partial charge in [0.15, 0.2) is 23.1 Å². The zero-order chi connectivity index (χ0) is 38.5. The maximum Gasteiger partial charge on any atom is 0.227 e. The fraction of sp³-hybridized carbons (Fsp3) is 0.0189. The second-order valence-electron chi connectivity index (χ2n) is 14.6. The average molecular weight is 743 g/mol. The van der Waals surface area contributed by atoms with Crippen LogP contribution in [0, 0.1) is 0 Å². The van der Waals surface area contributed by atoms with Crippen LogP contribution in [0.4, 0.5) is 0 Å². The lowest BCUT2D eigenvalue weighted by molar-refractivity contribution is 0.618. The van der Waals surface area contributed by atoms with Gasteiger partial charge in [-0.15, -0.1) is 0 Å². The van der Waals surface area contributed by atoms with Crippen LogP contribution in [0.3, 0.4) is 0 Å². The SMILES string of the molecule is c1ccc(-c2nc(-c3ccccc3)nc(-c3cccc(-c4cccc5c4-c4ccccc4C5(c4ccccc4)c4ccc5nc(-c6ccccc6)oc5c4)c3)n2)cc1. The lowest BCUT2D eigenvalue weighted by atomic mass is 9.67. The van der Waals surface area contributed by atoms with E-state index in [0.717, 1.165) is 50.0 Å². The number of fused-ring (bicyclic) bond motifs is 4. The number of benzene rings is 8. The highest BCUT2D eigenvalue weighted by Crippen LogP contribution is 2.58. The molecule has 5 heteroatoms. The van der Waals surface area contributed by atoms with Crippen LogP contribution in [0.1, 0.15) is 22.3 Å². The lowest BCUT2D eigenvalue weighted by Crippen LogP contribution is -2.28. The number of oxazole rings is 1. The number of rotatable bonds is 7. The van der Waals surface area contributed by atoms with E-state index in [1.807, 2.05) is 91.0 Å². The van der Waals surface area contributed by atoms with Gasteiger partial charge in [-0.1, -0.05) is 176 Å². The van der Waals surface area contributed by atoms with Crippen molar-refractivity contribution in [2.75, 3.05) is 0 Å². The Hall–Kier alpha value is -7.76. The summed E-state index contributed by atoms with van der Waals surface area (Å²) in [5, 5.41) is 0. The lowest BCUT2D eigenvalue weighted by Gasteiger charge is -2.33. The monoisotopic (exact) mass is 742 g/mol. The van der Waals surface area contributed by atoms with Crippen LogP contribution in [0.5, 0.6) is 0 Å². The third-order valence-corrected chi connectivity index (χ3v) is 11.2. The van der Waals surface area contributed by atoms with Crippen molar-refractivity contribution in [3.05, 3.63) is 229 Å². The first-order valence-corrected chi connectivity index (χ1v) is 19.5. The van der Waals surface area contributed by atoms with Crippen molar-refractivity contribution in [2.45, 2.75) is 5.41 Å². The van der Waals surface area contributed by atoms with Crippen molar-refractivity contribution < 1.29 is 4.42 Å². The molecule has 1 aliphatic rings. The Morgan fingerprint density at radius 2 is 0.862 bits per heavy atom. The van der Waals surface area contributed by atoms with Gasteiger partial charge < -0.3 is 4.42 Å². The second kappa shape index (κ2) is 13.8. The van der Waals surface area contributed by atoms with Gasteiger partial charge in [0.1, 0.15) is 5.52 Å². The highest BCUT2D eigenvalue weighted by Gasteiger charge is 2.47. The fourth-order valence-electron chi connectivity index (χ4n) is 8.67. The molecule has 5 nitrogen and oxygen atoms in total. The Bertz CT molecular complexity index is 3050. The molecule has 2 aromatic heterocycles. The second-order valence-corrected chi connectivity index (χ2v) is 14.6. The quantitative estimate of drug-likeness (QED) is 0.163. The summed E-state index contributed by atoms with van der Waals surface area (Å²) in [5.41, 5.74) is 14.0. The van der Waals surface area contributed by atoms with E-state index in [1.165, 1.54) is 27.8 Å². The molecule has 0 aliphatic heterocycles. The van der Waals surface area contributed by atoms with Crippen LogP contribution in [0.2, 0.25) is 0 Å². The van der Waals surface area contributed by atoms with Gasteiger partial charge in [0, 0.05) is 22.3 Å². The summed E-state index contributed by atoms with van der Waals surface area (Å²) in [7, 11) is 0. The van der Waals surface area contributed by atoms with Gasteiger partial charge in [-0.05, 0) is 74.8 Å². The Balaban J connectivity index is 1.11. The molecule has 10 aromatic rings. The summed E-state index contributed by atoms with van der Waals surface area (Å²) >= 11 is 0. The number of nitrogens with zero attached hydrogens (tertiary/aromatic N) is 4. The Morgan fingerprint density at radius 1 is 0.345 bits per heavy atom. The third-order valence-electron chi connectivity index (χ3n) is 11.2. The molecule has 0 saturated heterocycles. The zero-order valence-electron chi connectivity index (χ0n) is 31.3. The molecule has 0 N–H and O–H groups in total. The summed E-state index contributed by atoms with van der Waals surface area (Å²) in [6.07, 6.45) is 0. The van der Waals surface area contributed by atoms with Gasteiger partial charge in [0.2, 0.25) is 5.89 Å². The summed E-state index contributed by atoms with van der Waals surface area (Å²) in [6, 6.07) is 71.8. The molecular weight excluding hydrogens is 709 g/mol. The van der Waals surface area contributed by atoms with Gasteiger partial charge in [-0.3, -0.25) is 0 Å². The molecule has 0 saturated carbocycles. The molecule has 11 rings (SSSR count). The minimum Gasteiger partial charge on any atom is -0.436 e. The standard InChI is InChI=1S/C53H34N4O/c1-5-17-35(18-6-1)49-55-50(36-19-7-2-8-20-36)57-51(56-49)39-24-15-23-38(33-39)42-28-16-30-45-48(42)43-27-13-14-29-44(43)53(45,40-25-11-4-12-26-40)41-31-32-46-47(34-41)58-52(54-46)37-21-9-3-10-22-37/h1-34H. The first kappa shape index (κ1) is 33.6. The first-order chi connectivity index (χ1) is 28.7. The van der Waals surface area contributed by atoms with Gasteiger partial charge in [0.25, 0.3) is 0 Å². The normalized spacial score (nSPS) is 14.3. The average Bonchev–Trinajstić information content (AvgIpc) is 3.88. The Kier molecular flexibility index (Phi) is 7.97. The molecule has 0 spiro atoms. The van der Waals surface area contributed by atoms with E-state index in [-0.39, 0.29) is 0 Å². The van der Waals surface area contributed by atoms with E-state index in [4.69, 9.17) is 24.4 Å². The molecule has 1 atom stereocenters. The largest absolute Gasteiger partial charge is 0.436 e. The molecule has 0 radical (unpaired) electrons. The van der Waals surface area contributed by atoms with Gasteiger partial charge in [-0.2, -0.15) is 0 Å². The minimum atomic E-state index is -0.627. The van der Waals surface area contributed by atoms with Gasteiger partial charge >= 0.3 is 0 Å². The molecule has 58 heavy (non-hydrogen) atoms. The molecule has 0 fully saturated rings. The van der Waals surface area contributed by atoms with Gasteiger partial charge in [-0.25, -0.2) is 19.9 Å². The third kappa shape index (κ3) is 5.47. The maximum atomic E-state index is 6.51. The van der Waals surface area contributed by atoms with Crippen molar-refractivity contribution in [1.82, 2.24) is 19.9 Å². The summed E-state index contributed by atoms with van der Waals surface area (Å²) < 4.78 is 6.51. The first-order valence-electron chi connectivity index (χ1n) is 19.5. The summed E-state index contributed by atoms with van der Waals surface area (Å²) in [4.78, 5) is 19.9. The van der Waals surface area contributed by atoms with Crippen molar-refractivity contribution in [3.8, 4) is 67.9 Å². The Morgan fingerprint density at radius 3 is 1.55 bits per heavy atom. The van der Waals surface area contributed by atoms with E-state index in [0.29, 0.717) is 23.4 Å². The number of aromatic nitrogens is 4. The zero-order valence-corrected chi connectivity index (χ0v) is 31.3. The van der Waals surface area contributed by atoms with Crippen molar-refractivity contribution >= 4 is 11.1 Å². The minimum absolute atomic E-state index is 0.612. The van der Waals surface area contributed by atoms with Gasteiger partial charge in [0.05, 0.1) is 5.41 Å². The van der Waals surface area contributed by atoms with Crippen LogP contribution in [-0.4, -0.2) is 19.9 Å². The van der Waals surface area contributed by atoms with E-state index < -0.39 is 5.41 Å². The van der Waals surface area contributed by atoms with Crippen LogP contribution >= 0.6 is 0 Å². The highest BCUT2D eigenvalue weighted by atomic mass is 16.3. The molecule has 8 aromatic carbocycles. The summed E-state index contributed by atoms with van der Waals surface area (Å²) in [6.45, 7) is 0. The van der Waals surface area contributed by atoms with Crippen molar-refractivity contribution in [1.29, 1.82) is 0 Å². The van der Waals surface area contributed by atoms with Crippen LogP contribution in [0.25, 0.3) is 79.0 Å². The molecule has 0 bridgehead atoms. The highest BCUT2D eigenvalue weighted by molar-refractivity contribution is 5.96. The van der Waals surface area contributed by atoms with Crippen molar-refractivity contribution in [3.63, 3.8) is 0 Å². The molecule has 2 heterocycles. The number of hydrogen-bond acceptors (Lipinski definition) is 5. The van der Waals surface area contributed by atoms with E-state index >= 15 is 0 Å². The maximum absolute atomic E-state index is 6.51. The molecule has 1 unspecified atom stereocenters. The smallest absolute Gasteiger partial charge is 0.227 e. The summed E-state index contributed by atoms with van der Waals surface area (Å²) in [5.74, 6) is 2.51. The van der Waals surface area contributed by atoms with E-state index in [2.05, 4.69) is 115 Å². The predicted octanol–water partition coefficient (Wildman–Crippen LogP) is 12.7. The Labute approximate surface area is 336 Å². The predicted molar refractivity (Wildman–Crippen MR) is 232 cm³/mol. The van der Waals surface area contributed by atoms with Crippen LogP contribution in [0.15, 0.2) is 211 Å².